The van der Waals surface area contributed by atoms with E-state index in [0.29, 0.717) is 0 Å². The number of allylic oxidation sites excluding steroid dienone is 2. The molecule has 2 heteroatoms. The average molecular weight is 313 g/mol. The van der Waals surface area contributed by atoms with Crippen LogP contribution in [0.4, 0.5) is 0 Å². The van der Waals surface area contributed by atoms with Crippen molar-refractivity contribution in [2.75, 3.05) is 0 Å². The van der Waals surface area contributed by atoms with Crippen molar-refractivity contribution in [3.05, 3.63) is 12.2 Å². The first-order valence-corrected chi connectivity index (χ1v) is 14.8. The van der Waals surface area contributed by atoms with Crippen LogP contribution in [0.25, 0.3) is 0 Å². The minimum absolute atomic E-state index is 1.31. The van der Waals surface area contributed by atoms with Crippen molar-refractivity contribution in [1.82, 2.24) is 0 Å². The predicted octanol–water partition coefficient (Wildman–Crippen LogP) is 3.98. The van der Waals surface area contributed by atoms with Crippen molar-refractivity contribution in [2.45, 2.75) is 36.5 Å². The first kappa shape index (κ1) is 11.0. The van der Waals surface area contributed by atoms with Crippen molar-refractivity contribution in [2.24, 2.45) is 0 Å². The van der Waals surface area contributed by atoms with Crippen LogP contribution in [0.2, 0.25) is 15.8 Å². The third-order valence-electron chi connectivity index (χ3n) is 1.99. The first-order valence-electron chi connectivity index (χ1n) is 3.98. The van der Waals surface area contributed by atoms with Gasteiger partial charge in [0.2, 0.25) is 0 Å². The van der Waals surface area contributed by atoms with Crippen LogP contribution >= 0.6 is 20.2 Å². The molecule has 0 atom stereocenters. The zero-order valence-electron chi connectivity index (χ0n) is 7.15. The summed E-state index contributed by atoms with van der Waals surface area (Å²) in [6.07, 6.45) is 4.53. The molecule has 0 saturated carbocycles. The van der Waals surface area contributed by atoms with Crippen molar-refractivity contribution in [3.63, 3.8) is 0 Å². The van der Waals surface area contributed by atoms with Gasteiger partial charge in [-0.15, -0.1) is 0 Å². The van der Waals surface area contributed by atoms with E-state index in [1.807, 2.05) is 0 Å². The predicted molar refractivity (Wildman–Crippen MR) is 60.4 cm³/mol. The third kappa shape index (κ3) is 4.01. The summed E-state index contributed by atoms with van der Waals surface area (Å²) in [5.74, 6) is 0. The molecular weight excluding hydrogens is 296 g/mol. The summed E-state index contributed by atoms with van der Waals surface area (Å²) in [5.41, 5.74) is 0. The van der Waals surface area contributed by atoms with Crippen LogP contribution in [0, 0.1) is 0 Å². The minimum atomic E-state index is -1.31. The van der Waals surface area contributed by atoms with Crippen LogP contribution in [0.3, 0.4) is 0 Å². The van der Waals surface area contributed by atoms with Gasteiger partial charge in [0.25, 0.3) is 0 Å². The van der Waals surface area contributed by atoms with Crippen LogP contribution in [0.1, 0.15) is 20.8 Å². The Morgan fingerprint density at radius 1 is 1.30 bits per heavy atom. The molecule has 0 unspecified atom stereocenters. The van der Waals surface area contributed by atoms with E-state index in [4.69, 9.17) is 0 Å². The molecule has 0 aromatic heterocycles. The molecule has 0 saturated heterocycles. The maximum absolute atomic E-state index is 2.76. The quantitative estimate of drug-likeness (QED) is 0.418. The molecule has 0 bridgehead atoms. The zero-order valence-corrected chi connectivity index (χ0v) is 11.4. The summed E-state index contributed by atoms with van der Waals surface area (Å²) in [7, 11) is -1.31. The molecule has 60 valence electrons. The second kappa shape index (κ2) is 5.64. The van der Waals surface area contributed by atoms with Gasteiger partial charge in [-0.3, -0.25) is 0 Å². The Hall–Kier alpha value is 1.01. The summed E-state index contributed by atoms with van der Waals surface area (Å²) in [6, 6.07) is 0. The summed E-state index contributed by atoms with van der Waals surface area (Å²) >= 11 is 2.76. The molecular formula is C8H17GeI. The molecule has 0 fully saturated rings. The van der Waals surface area contributed by atoms with Gasteiger partial charge in [0.05, 0.1) is 0 Å². The summed E-state index contributed by atoms with van der Waals surface area (Å²) in [4.78, 5) is 0. The fraction of sp³-hybridized carbons (Fsp3) is 0.750. The monoisotopic (exact) mass is 314 g/mol. The van der Waals surface area contributed by atoms with E-state index in [1.165, 1.54) is 15.8 Å². The Labute approximate surface area is 78.4 Å². The van der Waals surface area contributed by atoms with E-state index in [2.05, 4.69) is 53.1 Å². The van der Waals surface area contributed by atoms with Gasteiger partial charge in [0.1, 0.15) is 0 Å². The Kier molecular flexibility index (Phi) is 6.21. The van der Waals surface area contributed by atoms with Gasteiger partial charge < -0.3 is 0 Å². The summed E-state index contributed by atoms with van der Waals surface area (Å²) in [6.45, 7) is 6.81. The van der Waals surface area contributed by atoms with E-state index in [9.17, 15) is 0 Å². The fourth-order valence-corrected chi connectivity index (χ4v) is 5.83. The fourth-order valence-electron chi connectivity index (χ4n) is 0.868. The topological polar surface area (TPSA) is 0 Å². The van der Waals surface area contributed by atoms with Gasteiger partial charge in [-0.05, 0) is 0 Å². The van der Waals surface area contributed by atoms with E-state index in [0.717, 1.165) is 0 Å². The second-order valence-corrected chi connectivity index (χ2v) is 23.2. The Morgan fingerprint density at radius 2 is 1.80 bits per heavy atom. The van der Waals surface area contributed by atoms with E-state index in [1.54, 1.807) is 0 Å². The Bertz CT molecular complexity index is 106. The van der Waals surface area contributed by atoms with Crippen LogP contribution in [-0.4, -0.2) is 9.96 Å². The van der Waals surface area contributed by atoms with E-state index < -0.39 is 9.96 Å². The molecule has 0 heterocycles. The standard InChI is InChI=1S/C8H17GeI/c1-4-7-8-9(10,5-2)6-3/h4,7H,5-6,8H2,1-3H3/b7-4+. The number of hydrogen-bond acceptors (Lipinski definition) is 0. The molecule has 0 aliphatic carbocycles. The van der Waals surface area contributed by atoms with E-state index >= 15 is 0 Å². The molecule has 0 aromatic rings. The number of hydrogen-bond donors (Lipinski definition) is 0. The van der Waals surface area contributed by atoms with E-state index in [-0.39, 0.29) is 0 Å². The van der Waals surface area contributed by atoms with Crippen molar-refractivity contribution in [3.8, 4) is 0 Å². The van der Waals surface area contributed by atoms with Crippen molar-refractivity contribution >= 4 is 30.2 Å². The summed E-state index contributed by atoms with van der Waals surface area (Å²) < 4.78 is 0. The molecule has 0 nitrogen and oxygen atoms in total. The molecule has 0 aliphatic heterocycles. The average Bonchev–Trinajstić information content (AvgIpc) is 2.00. The van der Waals surface area contributed by atoms with Crippen LogP contribution < -0.4 is 0 Å². The van der Waals surface area contributed by atoms with Gasteiger partial charge in [-0.1, -0.05) is 0 Å². The maximum atomic E-state index is 2.76. The normalized spacial score (nSPS) is 12.8. The van der Waals surface area contributed by atoms with Crippen LogP contribution in [-0.2, 0) is 0 Å². The van der Waals surface area contributed by atoms with Gasteiger partial charge in [0.15, 0.2) is 0 Å². The third-order valence-corrected chi connectivity index (χ3v) is 19.5. The molecule has 10 heavy (non-hydrogen) atoms. The SMILES string of the molecule is C/C=C/[CH2][Ge]([I])([CH2]C)[CH2]C. The Morgan fingerprint density at radius 3 is 2.10 bits per heavy atom. The molecule has 0 aromatic carbocycles. The van der Waals surface area contributed by atoms with Crippen LogP contribution in [0.15, 0.2) is 12.2 Å². The second-order valence-electron chi connectivity index (χ2n) is 2.63. The molecule has 0 spiro atoms. The van der Waals surface area contributed by atoms with Gasteiger partial charge in [0, 0.05) is 0 Å². The zero-order chi connectivity index (χ0) is 8.04. The molecule has 0 N–H and O–H groups in total. The van der Waals surface area contributed by atoms with Crippen molar-refractivity contribution in [1.29, 1.82) is 0 Å². The van der Waals surface area contributed by atoms with Crippen LogP contribution in [0.5, 0.6) is 0 Å². The molecule has 0 rings (SSSR count). The Balaban J connectivity index is 3.80. The number of rotatable bonds is 4. The number of halogens is 1. The van der Waals surface area contributed by atoms with Crippen molar-refractivity contribution < 1.29 is 0 Å². The van der Waals surface area contributed by atoms with Gasteiger partial charge >= 0.3 is 78.9 Å². The summed E-state index contributed by atoms with van der Waals surface area (Å²) in [5, 5.41) is 4.33. The molecule has 0 amide bonds. The van der Waals surface area contributed by atoms with Gasteiger partial charge in [-0.25, -0.2) is 0 Å². The first-order chi connectivity index (χ1) is 4.68. The molecule has 0 aliphatic rings. The molecule has 0 radical (unpaired) electrons. The van der Waals surface area contributed by atoms with Gasteiger partial charge in [-0.2, -0.15) is 0 Å².